The van der Waals surface area contributed by atoms with Crippen LogP contribution in [0.25, 0.3) is 0 Å². The first-order valence-electron chi connectivity index (χ1n) is 7.41. The topological polar surface area (TPSA) is 83.0 Å². The van der Waals surface area contributed by atoms with Gasteiger partial charge in [0.25, 0.3) is 5.91 Å². The van der Waals surface area contributed by atoms with E-state index in [0.717, 1.165) is 12.8 Å². The summed E-state index contributed by atoms with van der Waals surface area (Å²) in [6.45, 7) is 0.855. The summed E-state index contributed by atoms with van der Waals surface area (Å²) in [7, 11) is 1.51. The van der Waals surface area contributed by atoms with Crippen molar-refractivity contribution in [1.82, 2.24) is 14.8 Å². The number of likely N-dealkylation sites (tertiary alicyclic amines) is 1. The Balaban J connectivity index is 1.84. The van der Waals surface area contributed by atoms with E-state index in [1.165, 1.54) is 12.0 Å². The number of rotatable bonds is 2. The Morgan fingerprint density at radius 2 is 2.05 bits per heavy atom. The van der Waals surface area contributed by atoms with Gasteiger partial charge in [0, 0.05) is 25.2 Å². The van der Waals surface area contributed by atoms with Gasteiger partial charge in [0.1, 0.15) is 5.69 Å². The first-order chi connectivity index (χ1) is 10.6. The number of methoxy groups -OCH3 is 1. The highest BCUT2D eigenvalue weighted by Crippen LogP contribution is 2.31. The molecule has 118 valence electrons. The maximum absolute atomic E-state index is 12.8. The number of nitrogens with zero attached hydrogens (tertiary/aromatic N) is 3. The molecule has 2 aliphatic rings. The number of carbonyl (C=O) groups excluding carboxylic acids is 1. The Labute approximate surface area is 128 Å². The lowest BCUT2D eigenvalue weighted by molar-refractivity contribution is 0.0661. The molecule has 0 aromatic carbocycles. The van der Waals surface area contributed by atoms with E-state index in [-0.39, 0.29) is 18.0 Å². The van der Waals surface area contributed by atoms with Crippen LogP contribution in [0.15, 0.2) is 18.2 Å². The molecule has 1 aromatic rings. The fraction of sp³-hybridized carbons (Fsp3) is 0.533. The van der Waals surface area contributed by atoms with E-state index in [0.29, 0.717) is 31.1 Å². The molecule has 0 radical (unpaired) electrons. The van der Waals surface area contributed by atoms with Gasteiger partial charge in [-0.3, -0.25) is 4.79 Å². The molecule has 0 saturated carbocycles. The minimum atomic E-state index is -0.917. The zero-order valence-electron chi connectivity index (χ0n) is 12.4. The zero-order chi connectivity index (χ0) is 15.7. The van der Waals surface area contributed by atoms with Gasteiger partial charge >= 0.3 is 6.09 Å². The second-order valence-electron chi connectivity index (χ2n) is 5.68. The molecule has 2 fully saturated rings. The Morgan fingerprint density at radius 3 is 2.77 bits per heavy atom. The molecule has 2 aliphatic heterocycles. The van der Waals surface area contributed by atoms with Crippen molar-refractivity contribution in [2.45, 2.75) is 31.3 Å². The molecule has 2 atom stereocenters. The molecule has 0 spiro atoms. The van der Waals surface area contributed by atoms with Gasteiger partial charge in [-0.05, 0) is 25.3 Å². The van der Waals surface area contributed by atoms with Gasteiger partial charge in [0.15, 0.2) is 0 Å². The van der Waals surface area contributed by atoms with Crippen molar-refractivity contribution in [3.63, 3.8) is 0 Å². The van der Waals surface area contributed by atoms with Crippen LogP contribution in [0.1, 0.15) is 29.8 Å². The SMILES string of the molecule is COc1cccc(C(=O)N2C3CCC2CN(C(=O)O)CC3)n1. The molecular weight excluding hydrogens is 286 g/mol. The van der Waals surface area contributed by atoms with E-state index in [9.17, 15) is 14.7 Å². The van der Waals surface area contributed by atoms with Crippen molar-refractivity contribution in [2.75, 3.05) is 20.2 Å². The second kappa shape index (κ2) is 5.82. The number of fused-ring (bicyclic) bond motifs is 2. The van der Waals surface area contributed by atoms with Crippen molar-refractivity contribution in [2.24, 2.45) is 0 Å². The molecule has 7 heteroatoms. The van der Waals surface area contributed by atoms with Crippen LogP contribution in [-0.4, -0.2) is 64.2 Å². The molecule has 22 heavy (non-hydrogen) atoms. The quantitative estimate of drug-likeness (QED) is 0.894. The lowest BCUT2D eigenvalue weighted by Gasteiger charge is -2.28. The fourth-order valence-electron chi connectivity index (χ4n) is 3.36. The summed E-state index contributed by atoms with van der Waals surface area (Å²) in [6.07, 6.45) is 1.52. The molecule has 3 rings (SSSR count). The highest BCUT2D eigenvalue weighted by atomic mass is 16.5. The third kappa shape index (κ3) is 2.58. The molecule has 1 N–H and O–H groups in total. The predicted octanol–water partition coefficient (Wildman–Crippen LogP) is 1.45. The molecule has 2 amide bonds. The maximum atomic E-state index is 12.8. The van der Waals surface area contributed by atoms with Gasteiger partial charge < -0.3 is 19.6 Å². The highest BCUT2D eigenvalue weighted by molar-refractivity contribution is 5.93. The van der Waals surface area contributed by atoms with Gasteiger partial charge in [-0.2, -0.15) is 0 Å². The molecule has 2 bridgehead atoms. The van der Waals surface area contributed by atoms with Crippen LogP contribution >= 0.6 is 0 Å². The normalized spacial score (nSPS) is 24.0. The summed E-state index contributed by atoms with van der Waals surface area (Å²) < 4.78 is 5.07. The van der Waals surface area contributed by atoms with Crippen LogP contribution in [0.3, 0.4) is 0 Å². The van der Waals surface area contributed by atoms with E-state index in [1.54, 1.807) is 18.2 Å². The average molecular weight is 305 g/mol. The monoisotopic (exact) mass is 305 g/mol. The van der Waals surface area contributed by atoms with Crippen molar-refractivity contribution >= 4 is 12.0 Å². The van der Waals surface area contributed by atoms with Gasteiger partial charge in [-0.25, -0.2) is 9.78 Å². The largest absolute Gasteiger partial charge is 0.481 e. The van der Waals surface area contributed by atoms with Gasteiger partial charge in [-0.1, -0.05) is 6.07 Å². The number of carboxylic acid groups (broad SMARTS) is 1. The van der Waals surface area contributed by atoms with Crippen LogP contribution in [0.2, 0.25) is 0 Å². The van der Waals surface area contributed by atoms with Crippen LogP contribution in [0, 0.1) is 0 Å². The summed E-state index contributed by atoms with van der Waals surface area (Å²) >= 11 is 0. The van der Waals surface area contributed by atoms with Gasteiger partial charge in [0.2, 0.25) is 5.88 Å². The van der Waals surface area contributed by atoms with E-state index >= 15 is 0 Å². The molecule has 2 unspecified atom stereocenters. The fourth-order valence-corrected chi connectivity index (χ4v) is 3.36. The molecule has 7 nitrogen and oxygen atoms in total. The zero-order valence-corrected chi connectivity index (χ0v) is 12.4. The Morgan fingerprint density at radius 1 is 1.27 bits per heavy atom. The van der Waals surface area contributed by atoms with E-state index in [2.05, 4.69) is 4.98 Å². The average Bonchev–Trinajstić information content (AvgIpc) is 2.80. The predicted molar refractivity (Wildman–Crippen MR) is 78.0 cm³/mol. The Kier molecular flexibility index (Phi) is 3.87. The van der Waals surface area contributed by atoms with Crippen molar-refractivity contribution in [1.29, 1.82) is 0 Å². The highest BCUT2D eigenvalue weighted by Gasteiger charge is 2.41. The van der Waals surface area contributed by atoms with Crippen LogP contribution in [0.5, 0.6) is 5.88 Å². The maximum Gasteiger partial charge on any atom is 0.407 e. The van der Waals surface area contributed by atoms with Gasteiger partial charge in [0.05, 0.1) is 13.2 Å². The van der Waals surface area contributed by atoms with Crippen LogP contribution < -0.4 is 4.74 Å². The summed E-state index contributed by atoms with van der Waals surface area (Å²) in [5, 5.41) is 9.20. The lowest BCUT2D eigenvalue weighted by Crippen LogP contribution is -2.44. The number of pyridine rings is 1. The summed E-state index contributed by atoms with van der Waals surface area (Å²) in [6, 6.07) is 5.13. The van der Waals surface area contributed by atoms with Crippen molar-refractivity contribution in [3.05, 3.63) is 23.9 Å². The lowest BCUT2D eigenvalue weighted by atomic mass is 10.1. The first kappa shape index (κ1) is 14.6. The number of hydrogen-bond acceptors (Lipinski definition) is 4. The third-order valence-electron chi connectivity index (χ3n) is 4.44. The number of carbonyl (C=O) groups is 2. The Bertz CT molecular complexity index is 592. The van der Waals surface area contributed by atoms with Crippen molar-refractivity contribution < 1.29 is 19.4 Å². The van der Waals surface area contributed by atoms with Crippen molar-refractivity contribution in [3.8, 4) is 5.88 Å². The second-order valence-corrected chi connectivity index (χ2v) is 5.68. The number of amides is 2. The summed E-state index contributed by atoms with van der Waals surface area (Å²) in [5.41, 5.74) is 0.347. The van der Waals surface area contributed by atoms with E-state index < -0.39 is 6.09 Å². The third-order valence-corrected chi connectivity index (χ3v) is 4.44. The molecule has 0 aliphatic carbocycles. The minimum absolute atomic E-state index is 0.0656. The summed E-state index contributed by atoms with van der Waals surface area (Å²) in [5.74, 6) is 0.263. The number of hydrogen-bond donors (Lipinski definition) is 1. The molecule has 2 saturated heterocycles. The van der Waals surface area contributed by atoms with E-state index in [1.807, 2.05) is 4.90 Å². The van der Waals surface area contributed by atoms with Gasteiger partial charge in [-0.15, -0.1) is 0 Å². The standard InChI is InChI=1S/C15H19N3O4/c1-22-13-4-2-3-12(16-13)14(19)18-10-5-6-11(18)9-17(8-7-10)15(20)21/h2-4,10-11H,5-9H2,1H3,(H,20,21). The Hall–Kier alpha value is -2.31. The van der Waals surface area contributed by atoms with Crippen LogP contribution in [0.4, 0.5) is 4.79 Å². The van der Waals surface area contributed by atoms with E-state index in [4.69, 9.17) is 4.74 Å². The molecule has 1 aromatic heterocycles. The summed E-state index contributed by atoms with van der Waals surface area (Å²) in [4.78, 5) is 31.4. The molecular formula is C15H19N3O4. The number of ether oxygens (including phenoxy) is 1. The first-order valence-corrected chi connectivity index (χ1v) is 7.41. The number of aromatic nitrogens is 1. The van der Waals surface area contributed by atoms with Crippen LogP contribution in [-0.2, 0) is 0 Å². The minimum Gasteiger partial charge on any atom is -0.481 e. The molecule has 3 heterocycles. The smallest absolute Gasteiger partial charge is 0.407 e.